The minimum absolute atomic E-state index is 0.0390. The maximum Gasteiger partial charge on any atom is 0.430 e. The van der Waals surface area contributed by atoms with Gasteiger partial charge in [0.05, 0.1) is 6.54 Å². The number of ketones is 1. The number of alkyl halides is 6. The molecule has 5 rings (SSSR count). The summed E-state index contributed by atoms with van der Waals surface area (Å²) < 4.78 is 96.7. The second-order valence-electron chi connectivity index (χ2n) is 10.7. The number of Topliss-reactive ketones (excluding diaryl/α,β-unsaturated/α-hetero) is 1. The third kappa shape index (κ3) is 5.59. The van der Waals surface area contributed by atoms with Crippen molar-refractivity contribution < 1.29 is 60.0 Å². The molecule has 2 heterocycles. The summed E-state index contributed by atoms with van der Waals surface area (Å²) in [5.74, 6) is -0.348. The SMILES string of the molecule is CCc1cc(C(O)(C(F)(F)F)C(F)(F)F)ccc1Oc1ccc(C(=O)CN2C(=O)NC(C)(c3ccc4c(c3)OCCO4)C2=O)cc1. The number of aryl methyl sites for hydroxylation is 1. The average Bonchev–Trinajstić information content (AvgIpc) is 3.23. The van der Waals surface area contributed by atoms with Crippen molar-refractivity contribution in [1.29, 1.82) is 0 Å². The number of imide groups is 1. The fourth-order valence-corrected chi connectivity index (χ4v) is 5.13. The zero-order valence-electron chi connectivity index (χ0n) is 24.2. The number of ether oxygens (including phenoxy) is 3. The van der Waals surface area contributed by atoms with Gasteiger partial charge in [-0.15, -0.1) is 0 Å². The van der Waals surface area contributed by atoms with E-state index in [1.165, 1.54) is 38.1 Å². The lowest BCUT2D eigenvalue weighted by Crippen LogP contribution is -2.53. The highest BCUT2D eigenvalue weighted by Crippen LogP contribution is 2.50. The lowest BCUT2D eigenvalue weighted by molar-refractivity contribution is -0.376. The van der Waals surface area contributed by atoms with Crippen molar-refractivity contribution in [2.45, 2.75) is 43.8 Å². The van der Waals surface area contributed by atoms with Crippen molar-refractivity contribution in [3.8, 4) is 23.0 Å². The van der Waals surface area contributed by atoms with Crippen molar-refractivity contribution in [2.75, 3.05) is 19.8 Å². The van der Waals surface area contributed by atoms with Gasteiger partial charge in [-0.2, -0.15) is 26.3 Å². The molecule has 0 saturated carbocycles. The van der Waals surface area contributed by atoms with Gasteiger partial charge < -0.3 is 24.6 Å². The molecular formula is C31H26F6N2O7. The molecule has 0 radical (unpaired) electrons. The summed E-state index contributed by atoms with van der Waals surface area (Å²) in [6.45, 7) is 3.07. The number of nitrogens with zero attached hydrogens (tertiary/aromatic N) is 1. The van der Waals surface area contributed by atoms with Crippen LogP contribution in [0.25, 0.3) is 0 Å². The van der Waals surface area contributed by atoms with Crippen molar-refractivity contribution in [2.24, 2.45) is 0 Å². The summed E-state index contributed by atoms with van der Waals surface area (Å²) in [5.41, 5.74) is -7.51. The number of hydrogen-bond acceptors (Lipinski definition) is 7. The first-order chi connectivity index (χ1) is 21.5. The number of carbonyl (C=O) groups excluding carboxylic acids is 3. The minimum Gasteiger partial charge on any atom is -0.486 e. The predicted molar refractivity (Wildman–Crippen MR) is 148 cm³/mol. The lowest BCUT2D eigenvalue weighted by Gasteiger charge is -2.33. The molecule has 15 heteroatoms. The van der Waals surface area contributed by atoms with Crippen LogP contribution in [-0.4, -0.2) is 59.8 Å². The molecule has 1 fully saturated rings. The number of hydrogen-bond donors (Lipinski definition) is 2. The molecule has 0 bridgehead atoms. The van der Waals surface area contributed by atoms with Gasteiger partial charge in [-0.25, -0.2) is 4.79 Å². The zero-order valence-corrected chi connectivity index (χ0v) is 24.2. The molecule has 9 nitrogen and oxygen atoms in total. The van der Waals surface area contributed by atoms with Gasteiger partial charge in [-0.1, -0.05) is 19.1 Å². The van der Waals surface area contributed by atoms with E-state index in [-0.39, 0.29) is 29.0 Å². The average molecular weight is 653 g/mol. The molecule has 1 saturated heterocycles. The molecule has 1 unspecified atom stereocenters. The lowest BCUT2D eigenvalue weighted by atomic mass is 9.90. The third-order valence-electron chi connectivity index (χ3n) is 7.78. The van der Waals surface area contributed by atoms with Gasteiger partial charge in [0.25, 0.3) is 11.5 Å². The topological polar surface area (TPSA) is 114 Å². The van der Waals surface area contributed by atoms with Crippen LogP contribution in [0.1, 0.15) is 40.9 Å². The summed E-state index contributed by atoms with van der Waals surface area (Å²) in [5, 5.41) is 12.3. The van der Waals surface area contributed by atoms with Crippen LogP contribution in [0.4, 0.5) is 31.1 Å². The van der Waals surface area contributed by atoms with Gasteiger partial charge in [-0.05, 0) is 73.0 Å². The molecule has 3 amide bonds. The largest absolute Gasteiger partial charge is 0.486 e. The molecule has 1 atom stereocenters. The van der Waals surface area contributed by atoms with E-state index in [0.29, 0.717) is 42.4 Å². The Morgan fingerprint density at radius 1 is 0.935 bits per heavy atom. The van der Waals surface area contributed by atoms with Crippen LogP contribution in [0.5, 0.6) is 23.0 Å². The number of nitrogens with one attached hydrogen (secondary N) is 1. The number of carbonyl (C=O) groups is 3. The van der Waals surface area contributed by atoms with Crippen molar-refractivity contribution in [3.63, 3.8) is 0 Å². The smallest absolute Gasteiger partial charge is 0.430 e. The summed E-state index contributed by atoms with van der Waals surface area (Å²) in [7, 11) is 0. The Kier molecular flexibility index (Phi) is 8.17. The number of amides is 3. The van der Waals surface area contributed by atoms with Crippen LogP contribution in [0.2, 0.25) is 0 Å². The number of urea groups is 1. The van der Waals surface area contributed by atoms with Gasteiger partial charge in [0.15, 0.2) is 17.3 Å². The molecule has 3 aromatic rings. The van der Waals surface area contributed by atoms with Gasteiger partial charge in [0.2, 0.25) is 0 Å². The highest BCUT2D eigenvalue weighted by Gasteiger charge is 2.71. The van der Waals surface area contributed by atoms with E-state index >= 15 is 0 Å². The molecule has 46 heavy (non-hydrogen) atoms. The van der Waals surface area contributed by atoms with Gasteiger partial charge in [0.1, 0.15) is 30.3 Å². The van der Waals surface area contributed by atoms with Crippen LogP contribution in [0.3, 0.4) is 0 Å². The Hall–Kier alpha value is -4.79. The quantitative estimate of drug-likeness (QED) is 0.180. The van der Waals surface area contributed by atoms with Crippen LogP contribution in [0.15, 0.2) is 60.7 Å². The first-order valence-corrected chi connectivity index (χ1v) is 13.8. The highest BCUT2D eigenvalue weighted by molar-refractivity contribution is 6.11. The molecule has 244 valence electrons. The predicted octanol–water partition coefficient (Wildman–Crippen LogP) is 5.77. The first-order valence-electron chi connectivity index (χ1n) is 13.8. The fraction of sp³-hybridized carbons (Fsp3) is 0.323. The summed E-state index contributed by atoms with van der Waals surface area (Å²) in [6, 6.07) is 11.3. The molecule has 2 aliphatic rings. The van der Waals surface area contributed by atoms with Crippen LogP contribution < -0.4 is 19.5 Å². The van der Waals surface area contributed by atoms with Gasteiger partial charge in [-0.3, -0.25) is 14.5 Å². The van der Waals surface area contributed by atoms with Crippen molar-refractivity contribution in [1.82, 2.24) is 10.2 Å². The highest BCUT2D eigenvalue weighted by atomic mass is 19.4. The third-order valence-corrected chi connectivity index (χ3v) is 7.78. The van der Waals surface area contributed by atoms with E-state index in [1.807, 2.05) is 0 Å². The Balaban J connectivity index is 1.29. The zero-order chi connectivity index (χ0) is 33.7. The Morgan fingerprint density at radius 3 is 2.17 bits per heavy atom. The monoisotopic (exact) mass is 652 g/mol. The molecule has 0 aromatic heterocycles. The maximum absolute atomic E-state index is 13.3. The Bertz CT molecular complexity index is 1680. The van der Waals surface area contributed by atoms with Gasteiger partial charge >= 0.3 is 18.4 Å². The normalized spacial score (nSPS) is 18.4. The second-order valence-corrected chi connectivity index (χ2v) is 10.7. The second kappa shape index (κ2) is 11.5. The van der Waals surface area contributed by atoms with E-state index in [1.54, 1.807) is 18.2 Å². The van der Waals surface area contributed by atoms with Crippen LogP contribution >= 0.6 is 0 Å². The molecular weight excluding hydrogens is 626 g/mol. The van der Waals surface area contributed by atoms with Crippen molar-refractivity contribution >= 4 is 17.7 Å². The van der Waals surface area contributed by atoms with Crippen LogP contribution in [-0.2, 0) is 22.4 Å². The van der Waals surface area contributed by atoms with Crippen molar-refractivity contribution in [3.05, 3.63) is 82.9 Å². The van der Waals surface area contributed by atoms with Gasteiger partial charge in [0, 0.05) is 11.1 Å². The van der Waals surface area contributed by atoms with E-state index < -0.39 is 53.3 Å². The molecule has 2 N–H and O–H groups in total. The Labute approximate surface area is 257 Å². The van der Waals surface area contributed by atoms with E-state index in [0.717, 1.165) is 11.0 Å². The fourth-order valence-electron chi connectivity index (χ4n) is 5.13. The van der Waals surface area contributed by atoms with E-state index in [4.69, 9.17) is 14.2 Å². The van der Waals surface area contributed by atoms with Crippen LogP contribution in [0, 0.1) is 0 Å². The number of fused-ring (bicyclic) bond motifs is 1. The minimum atomic E-state index is -6.04. The first kappa shape index (κ1) is 32.6. The van der Waals surface area contributed by atoms with E-state index in [2.05, 4.69) is 5.32 Å². The summed E-state index contributed by atoms with van der Waals surface area (Å²) in [6.07, 6.45) is -12.1. The molecule has 3 aromatic carbocycles. The number of aliphatic hydroxyl groups is 1. The standard InChI is InChI=1S/C31H26F6N2O7/c1-3-17-14-20(29(43,30(32,33)34)31(35,36)37)7-10-23(17)46-21-8-4-18(5-9-21)22(40)16-39-26(41)28(2,38-27(39)42)19-6-11-24-25(15-19)45-13-12-44-24/h4-11,14-15,43H,3,12-13,16H2,1-2H3,(H,38,42). The maximum atomic E-state index is 13.3. The van der Waals surface area contributed by atoms with E-state index in [9.17, 15) is 45.8 Å². The summed E-state index contributed by atoms with van der Waals surface area (Å²) >= 11 is 0. The number of rotatable bonds is 8. The summed E-state index contributed by atoms with van der Waals surface area (Å²) in [4.78, 5) is 39.9. The number of halogens is 6. The number of benzene rings is 3. The molecule has 2 aliphatic heterocycles. The molecule has 0 aliphatic carbocycles. The molecule has 0 spiro atoms. The Morgan fingerprint density at radius 2 is 1.57 bits per heavy atom.